The van der Waals surface area contributed by atoms with Crippen molar-refractivity contribution in [1.82, 2.24) is 25.2 Å². The molecule has 6 nitrogen and oxygen atoms in total. The molecule has 2 amide bonds. The summed E-state index contributed by atoms with van der Waals surface area (Å²) in [4.78, 5) is 14.0. The van der Waals surface area contributed by atoms with Gasteiger partial charge in [0, 0.05) is 13.1 Å². The van der Waals surface area contributed by atoms with Crippen LogP contribution in [-0.2, 0) is 0 Å². The minimum atomic E-state index is -0.223. The summed E-state index contributed by atoms with van der Waals surface area (Å²) < 4.78 is 1.70. The first-order valence-corrected chi connectivity index (χ1v) is 7.68. The van der Waals surface area contributed by atoms with E-state index in [0.29, 0.717) is 18.8 Å². The van der Waals surface area contributed by atoms with Crippen molar-refractivity contribution in [2.75, 3.05) is 13.1 Å². The predicted molar refractivity (Wildman–Crippen MR) is 90.4 cm³/mol. The van der Waals surface area contributed by atoms with E-state index >= 15 is 0 Å². The Bertz CT molecular complexity index is 665. The number of nitrogens with zero attached hydrogens (tertiary/aromatic N) is 4. The van der Waals surface area contributed by atoms with E-state index in [0.717, 1.165) is 11.3 Å². The van der Waals surface area contributed by atoms with Gasteiger partial charge in [0.25, 0.3) is 0 Å². The summed E-state index contributed by atoms with van der Waals surface area (Å²) in [5.41, 5.74) is 2.60. The summed E-state index contributed by atoms with van der Waals surface area (Å²) >= 11 is 0. The number of urea groups is 1. The van der Waals surface area contributed by atoms with Crippen molar-refractivity contribution in [1.29, 1.82) is 0 Å². The number of hydrogen-bond acceptors (Lipinski definition) is 3. The van der Waals surface area contributed by atoms with Crippen LogP contribution in [0, 0.1) is 0 Å². The van der Waals surface area contributed by atoms with E-state index in [2.05, 4.69) is 22.2 Å². The van der Waals surface area contributed by atoms with Gasteiger partial charge in [-0.3, -0.25) is 0 Å². The van der Waals surface area contributed by atoms with Gasteiger partial charge < -0.3 is 10.2 Å². The van der Waals surface area contributed by atoms with Crippen molar-refractivity contribution in [3.05, 3.63) is 54.4 Å². The maximum absolute atomic E-state index is 12.3. The molecular formula is C17H23N5O. The van der Waals surface area contributed by atoms with Crippen molar-refractivity contribution in [2.45, 2.75) is 26.8 Å². The van der Waals surface area contributed by atoms with Gasteiger partial charge in [0.05, 0.1) is 17.9 Å². The van der Waals surface area contributed by atoms with Crippen LogP contribution in [0.15, 0.2) is 48.7 Å². The van der Waals surface area contributed by atoms with Crippen molar-refractivity contribution in [2.24, 2.45) is 0 Å². The molecule has 0 aliphatic carbocycles. The summed E-state index contributed by atoms with van der Waals surface area (Å²) in [6.07, 6.45) is 1.83. The molecule has 1 atom stereocenters. The molecule has 1 unspecified atom stereocenters. The second kappa shape index (κ2) is 7.58. The van der Waals surface area contributed by atoms with Crippen LogP contribution >= 0.6 is 0 Å². The van der Waals surface area contributed by atoms with Crippen LogP contribution in [0.1, 0.15) is 32.5 Å². The van der Waals surface area contributed by atoms with Crippen molar-refractivity contribution in [3.63, 3.8) is 0 Å². The van der Waals surface area contributed by atoms with Crippen molar-refractivity contribution in [3.8, 4) is 5.69 Å². The van der Waals surface area contributed by atoms with Crippen LogP contribution in [0.4, 0.5) is 4.79 Å². The van der Waals surface area contributed by atoms with Gasteiger partial charge in [-0.05, 0) is 32.9 Å². The first-order valence-electron chi connectivity index (χ1n) is 7.68. The zero-order valence-corrected chi connectivity index (χ0v) is 13.9. The van der Waals surface area contributed by atoms with Gasteiger partial charge in [0.2, 0.25) is 0 Å². The zero-order valence-electron chi connectivity index (χ0n) is 13.9. The largest absolute Gasteiger partial charge is 0.330 e. The van der Waals surface area contributed by atoms with Gasteiger partial charge in [-0.25, -0.2) is 9.48 Å². The van der Waals surface area contributed by atoms with E-state index in [4.69, 9.17) is 0 Å². The average molecular weight is 313 g/mol. The Morgan fingerprint density at radius 1 is 1.39 bits per heavy atom. The number of likely N-dealkylation sites (N-methyl/N-ethyl adjacent to an activating group) is 1. The van der Waals surface area contributed by atoms with E-state index in [1.165, 1.54) is 0 Å². The molecule has 1 N–H and O–H groups in total. The molecule has 0 saturated carbocycles. The highest BCUT2D eigenvalue weighted by atomic mass is 16.2. The molecule has 122 valence electrons. The van der Waals surface area contributed by atoms with Crippen LogP contribution < -0.4 is 5.32 Å². The van der Waals surface area contributed by atoms with Gasteiger partial charge in [0.1, 0.15) is 5.69 Å². The normalized spacial score (nSPS) is 11.8. The Morgan fingerprint density at radius 2 is 2.09 bits per heavy atom. The molecule has 1 aromatic carbocycles. The third-order valence-corrected chi connectivity index (χ3v) is 3.45. The summed E-state index contributed by atoms with van der Waals surface area (Å²) in [5, 5.41) is 11.2. The second-order valence-electron chi connectivity index (χ2n) is 5.57. The molecule has 0 bridgehead atoms. The van der Waals surface area contributed by atoms with Gasteiger partial charge in [-0.1, -0.05) is 35.6 Å². The topological polar surface area (TPSA) is 63.1 Å². The lowest BCUT2D eigenvalue weighted by atomic mass is 10.2. The number of amides is 2. The fourth-order valence-corrected chi connectivity index (χ4v) is 2.19. The van der Waals surface area contributed by atoms with Crippen molar-refractivity contribution >= 4 is 6.03 Å². The minimum absolute atomic E-state index is 0.128. The summed E-state index contributed by atoms with van der Waals surface area (Å²) in [5.74, 6) is 0. The fourth-order valence-electron chi connectivity index (χ4n) is 2.19. The number of nitrogens with one attached hydrogen (secondary N) is 1. The number of benzene rings is 1. The van der Waals surface area contributed by atoms with Crippen LogP contribution in [0.3, 0.4) is 0 Å². The summed E-state index contributed by atoms with van der Waals surface area (Å²) in [7, 11) is 0. The van der Waals surface area contributed by atoms with Gasteiger partial charge >= 0.3 is 6.03 Å². The Labute approximate surface area is 136 Å². The molecular weight excluding hydrogens is 290 g/mol. The van der Waals surface area contributed by atoms with Gasteiger partial charge in [-0.15, -0.1) is 5.10 Å². The maximum Gasteiger partial charge on any atom is 0.318 e. The van der Waals surface area contributed by atoms with Crippen LogP contribution in [-0.4, -0.2) is 39.0 Å². The Balaban J connectivity index is 2.03. The van der Waals surface area contributed by atoms with Crippen molar-refractivity contribution < 1.29 is 4.79 Å². The number of hydrogen-bond donors (Lipinski definition) is 1. The van der Waals surface area contributed by atoms with Crippen LogP contribution in [0.2, 0.25) is 0 Å². The highest BCUT2D eigenvalue weighted by Gasteiger charge is 2.17. The van der Waals surface area contributed by atoms with E-state index in [1.807, 2.05) is 57.3 Å². The zero-order chi connectivity index (χ0) is 16.8. The second-order valence-corrected chi connectivity index (χ2v) is 5.57. The van der Waals surface area contributed by atoms with Gasteiger partial charge in [-0.2, -0.15) is 0 Å². The molecule has 2 rings (SSSR count). The minimum Gasteiger partial charge on any atom is -0.330 e. The third kappa shape index (κ3) is 4.42. The highest BCUT2D eigenvalue weighted by Crippen LogP contribution is 2.12. The number of aromatic nitrogens is 3. The number of rotatable bonds is 6. The standard InChI is InChI=1S/C17H23N5O/c1-5-21(11-13(2)3)17(23)18-14(4)16-12-22(20-19-16)15-9-7-6-8-10-15/h6-10,12,14H,2,5,11H2,1,3-4H3,(H,18,23). The fraction of sp³-hybridized carbons (Fsp3) is 0.353. The maximum atomic E-state index is 12.3. The molecule has 0 fully saturated rings. The average Bonchev–Trinajstić information content (AvgIpc) is 3.03. The lowest BCUT2D eigenvalue weighted by Crippen LogP contribution is -2.41. The SMILES string of the molecule is C=C(C)CN(CC)C(=O)NC(C)c1cn(-c2ccccc2)nn1. The molecule has 0 spiro atoms. The van der Waals surface area contributed by atoms with E-state index in [9.17, 15) is 4.79 Å². The first kappa shape index (κ1) is 16.7. The molecule has 1 heterocycles. The Morgan fingerprint density at radius 3 is 2.70 bits per heavy atom. The molecule has 2 aromatic rings. The quantitative estimate of drug-likeness (QED) is 0.834. The Hall–Kier alpha value is -2.63. The van der Waals surface area contributed by atoms with Crippen LogP contribution in [0.5, 0.6) is 0 Å². The first-order chi connectivity index (χ1) is 11.0. The lowest BCUT2D eigenvalue weighted by Gasteiger charge is -2.23. The van der Waals surface area contributed by atoms with Gasteiger partial charge in [0.15, 0.2) is 0 Å². The molecule has 0 aliphatic rings. The molecule has 1 aromatic heterocycles. The van der Waals surface area contributed by atoms with E-state index in [-0.39, 0.29) is 12.1 Å². The number of carbonyl (C=O) groups is 1. The van der Waals surface area contributed by atoms with Crippen LogP contribution in [0.25, 0.3) is 5.69 Å². The molecule has 6 heteroatoms. The lowest BCUT2D eigenvalue weighted by molar-refractivity contribution is 0.201. The molecule has 23 heavy (non-hydrogen) atoms. The number of carbonyl (C=O) groups excluding carboxylic acids is 1. The van der Waals surface area contributed by atoms with E-state index < -0.39 is 0 Å². The summed E-state index contributed by atoms with van der Waals surface area (Å²) in [6, 6.07) is 9.39. The monoisotopic (exact) mass is 313 g/mol. The molecule has 0 radical (unpaired) electrons. The predicted octanol–water partition coefficient (Wildman–Crippen LogP) is 2.94. The third-order valence-electron chi connectivity index (χ3n) is 3.45. The highest BCUT2D eigenvalue weighted by molar-refractivity contribution is 5.74. The molecule has 0 saturated heterocycles. The number of para-hydroxylation sites is 1. The molecule has 0 aliphatic heterocycles. The van der Waals surface area contributed by atoms with E-state index in [1.54, 1.807) is 9.58 Å². The summed E-state index contributed by atoms with van der Waals surface area (Å²) in [6.45, 7) is 10.8. The Kier molecular flexibility index (Phi) is 5.51. The smallest absolute Gasteiger partial charge is 0.318 e.